The lowest BCUT2D eigenvalue weighted by Crippen LogP contribution is -2.58. The molecule has 13 nitrogen and oxygen atoms in total. The summed E-state index contributed by atoms with van der Waals surface area (Å²) in [4.78, 5) is 66.9. The Balaban J connectivity index is 1.71. The summed E-state index contributed by atoms with van der Waals surface area (Å²) < 4.78 is 17.0. The minimum absolute atomic E-state index is 0.00414. The highest BCUT2D eigenvalue weighted by atomic mass is 16.5. The highest BCUT2D eigenvalue weighted by Crippen LogP contribution is 2.36. The average Bonchev–Trinajstić information content (AvgIpc) is 3.61. The second kappa shape index (κ2) is 19.3. The van der Waals surface area contributed by atoms with Gasteiger partial charge in [0.25, 0.3) is 0 Å². The highest BCUT2D eigenvalue weighted by Gasteiger charge is 2.42. The molecule has 2 aliphatic carbocycles. The molecule has 13 heteroatoms. The first-order valence-electron chi connectivity index (χ1n) is 19.1. The second-order valence-corrected chi connectivity index (χ2v) is 15.4. The SMILES string of the molecule is C=C(/C=C(/OC1C=C(C(=O)N[C@H](C(=O)N[C@H](C(=O)OC)C2CCCCC2)C(C)(C)C)C(C(=O)N[C@@H](CC)C(=O)O)C1)c1ccc(OC)cc1N)c1ccccc1. The summed E-state index contributed by atoms with van der Waals surface area (Å²) in [6, 6.07) is 11.3. The van der Waals surface area contributed by atoms with Crippen LogP contribution in [0.3, 0.4) is 0 Å². The number of aliphatic carboxylic acids is 1. The van der Waals surface area contributed by atoms with Crippen LogP contribution in [0.2, 0.25) is 0 Å². The van der Waals surface area contributed by atoms with Crippen molar-refractivity contribution in [2.75, 3.05) is 20.0 Å². The molecular formula is C43H56N4O9. The fraction of sp³-hybridized carbons (Fsp3) is 0.465. The van der Waals surface area contributed by atoms with Gasteiger partial charge in [-0.25, -0.2) is 9.59 Å². The third-order valence-corrected chi connectivity index (χ3v) is 10.3. The minimum Gasteiger partial charge on any atom is -0.497 e. The van der Waals surface area contributed by atoms with Gasteiger partial charge in [-0.15, -0.1) is 0 Å². The summed E-state index contributed by atoms with van der Waals surface area (Å²) in [6.07, 6.45) is 6.85. The zero-order chi connectivity index (χ0) is 41.2. The van der Waals surface area contributed by atoms with E-state index in [0.717, 1.165) is 37.7 Å². The lowest BCUT2D eigenvalue weighted by atomic mass is 9.82. The van der Waals surface area contributed by atoms with Crippen molar-refractivity contribution in [3.05, 3.63) is 84.0 Å². The third-order valence-electron chi connectivity index (χ3n) is 10.3. The van der Waals surface area contributed by atoms with Gasteiger partial charge in [-0.05, 0) is 66.0 Å². The Morgan fingerprint density at radius 1 is 0.982 bits per heavy atom. The molecule has 4 rings (SSSR count). The molecule has 302 valence electrons. The number of nitrogens with two attached hydrogens (primary N) is 1. The fourth-order valence-electron chi connectivity index (χ4n) is 7.13. The highest BCUT2D eigenvalue weighted by molar-refractivity contribution is 6.03. The smallest absolute Gasteiger partial charge is 0.328 e. The zero-order valence-electron chi connectivity index (χ0n) is 33.2. The first-order chi connectivity index (χ1) is 26.6. The van der Waals surface area contributed by atoms with Crippen molar-refractivity contribution < 1.29 is 43.3 Å². The average molecular weight is 773 g/mol. The van der Waals surface area contributed by atoms with Gasteiger partial charge in [-0.3, -0.25) is 14.4 Å². The molecular weight excluding hydrogens is 716 g/mol. The van der Waals surface area contributed by atoms with Gasteiger partial charge in [0.2, 0.25) is 17.7 Å². The minimum atomic E-state index is -1.22. The third kappa shape index (κ3) is 11.0. The Morgan fingerprint density at radius 2 is 1.66 bits per heavy atom. The van der Waals surface area contributed by atoms with E-state index in [2.05, 4.69) is 22.5 Å². The van der Waals surface area contributed by atoms with Crippen molar-refractivity contribution in [3.63, 3.8) is 0 Å². The zero-order valence-corrected chi connectivity index (χ0v) is 33.2. The molecule has 1 saturated carbocycles. The van der Waals surface area contributed by atoms with Crippen LogP contribution in [0, 0.1) is 17.3 Å². The maximum atomic E-state index is 14.3. The summed E-state index contributed by atoms with van der Waals surface area (Å²) in [5.74, 6) is -4.17. The number of rotatable bonds is 16. The number of carboxylic acids is 1. The van der Waals surface area contributed by atoms with Crippen LogP contribution in [-0.4, -0.2) is 73.2 Å². The van der Waals surface area contributed by atoms with E-state index < -0.39 is 65.2 Å². The van der Waals surface area contributed by atoms with Crippen LogP contribution < -0.4 is 26.4 Å². The van der Waals surface area contributed by atoms with Gasteiger partial charge in [0.05, 0.1) is 20.1 Å². The number of benzene rings is 2. The number of hydrogen-bond acceptors (Lipinski definition) is 9. The van der Waals surface area contributed by atoms with Crippen LogP contribution in [0.15, 0.2) is 72.8 Å². The predicted molar refractivity (Wildman–Crippen MR) is 214 cm³/mol. The van der Waals surface area contributed by atoms with Crippen LogP contribution in [0.5, 0.6) is 5.75 Å². The quantitative estimate of drug-likeness (QED) is 0.0637. The number of esters is 1. The summed E-state index contributed by atoms with van der Waals surface area (Å²) in [5, 5.41) is 18.0. The van der Waals surface area contributed by atoms with Gasteiger partial charge in [0, 0.05) is 29.3 Å². The van der Waals surface area contributed by atoms with E-state index in [0.29, 0.717) is 28.3 Å². The Bertz CT molecular complexity index is 1830. The van der Waals surface area contributed by atoms with Gasteiger partial charge in [0.15, 0.2) is 0 Å². The van der Waals surface area contributed by atoms with Crippen molar-refractivity contribution in [2.24, 2.45) is 17.3 Å². The fourth-order valence-corrected chi connectivity index (χ4v) is 7.13. The van der Waals surface area contributed by atoms with E-state index in [1.165, 1.54) is 20.3 Å². The molecule has 2 aromatic carbocycles. The molecule has 3 amide bonds. The van der Waals surface area contributed by atoms with Crippen LogP contribution in [0.25, 0.3) is 11.3 Å². The van der Waals surface area contributed by atoms with Crippen LogP contribution in [0.1, 0.15) is 83.8 Å². The number of amides is 3. The van der Waals surface area contributed by atoms with Crippen molar-refractivity contribution in [2.45, 2.75) is 96.9 Å². The summed E-state index contributed by atoms with van der Waals surface area (Å²) in [5.41, 5.74) is 7.91. The predicted octanol–water partition coefficient (Wildman–Crippen LogP) is 5.41. The Morgan fingerprint density at radius 3 is 2.23 bits per heavy atom. The summed E-state index contributed by atoms with van der Waals surface area (Å²) in [7, 11) is 2.80. The molecule has 2 unspecified atom stereocenters. The number of anilines is 1. The Labute approximate surface area is 329 Å². The number of hydrogen-bond donors (Lipinski definition) is 5. The van der Waals surface area contributed by atoms with Crippen molar-refractivity contribution in [3.8, 4) is 5.75 Å². The summed E-state index contributed by atoms with van der Waals surface area (Å²) >= 11 is 0. The molecule has 0 aliphatic heterocycles. The standard InChI is InChI=1S/C43H56N4O9/c1-8-34(41(51)52)45-38(48)31-22-29(56-35(21-25(2)26-15-11-9-12-16-26)30-20-19-28(54-6)24-33(30)44)23-32(31)39(49)47-37(43(3,4)5)40(50)46-36(42(53)55-7)27-17-13-10-14-18-27/h9,11-12,15-16,19-21,23-24,27,29,31,34,36-37H,2,8,10,13-14,17-18,22,44H2,1,3-7H3,(H,45,48)(H,46,50)(H,47,49)(H,51,52)/b35-21+/t29?,31?,34-,36-,37+/m0/s1. The lowest BCUT2D eigenvalue weighted by molar-refractivity contribution is -0.148. The monoisotopic (exact) mass is 772 g/mol. The molecule has 0 heterocycles. The lowest BCUT2D eigenvalue weighted by Gasteiger charge is -2.34. The maximum Gasteiger partial charge on any atom is 0.328 e. The first-order valence-corrected chi connectivity index (χ1v) is 19.1. The maximum absolute atomic E-state index is 14.3. The number of carboxylic acid groups (broad SMARTS) is 1. The van der Waals surface area contributed by atoms with Crippen LogP contribution in [0.4, 0.5) is 5.69 Å². The molecule has 2 aromatic rings. The van der Waals surface area contributed by atoms with Crippen LogP contribution >= 0.6 is 0 Å². The number of allylic oxidation sites excluding steroid dienone is 2. The van der Waals surface area contributed by atoms with E-state index >= 15 is 0 Å². The molecule has 1 fully saturated rings. The van der Waals surface area contributed by atoms with E-state index in [4.69, 9.17) is 19.9 Å². The molecule has 0 saturated heterocycles. The Kier molecular flexibility index (Phi) is 14.9. The number of ether oxygens (including phenoxy) is 3. The molecule has 0 bridgehead atoms. The molecule has 0 spiro atoms. The van der Waals surface area contributed by atoms with E-state index in [1.54, 1.807) is 52.0 Å². The Hall–Kier alpha value is -5.59. The molecule has 0 radical (unpaired) electrons. The summed E-state index contributed by atoms with van der Waals surface area (Å²) in [6.45, 7) is 11.2. The van der Waals surface area contributed by atoms with Gasteiger partial charge in [-0.2, -0.15) is 0 Å². The molecule has 0 aromatic heterocycles. The van der Waals surface area contributed by atoms with Gasteiger partial charge in [-0.1, -0.05) is 83.9 Å². The molecule has 6 N–H and O–H groups in total. The normalized spacial score (nSPS) is 19.0. The van der Waals surface area contributed by atoms with Crippen molar-refractivity contribution >= 4 is 46.7 Å². The largest absolute Gasteiger partial charge is 0.497 e. The molecule has 56 heavy (non-hydrogen) atoms. The number of carbonyl (C=O) groups is 5. The van der Waals surface area contributed by atoms with E-state index in [1.807, 2.05) is 30.3 Å². The van der Waals surface area contributed by atoms with Gasteiger partial charge in [0.1, 0.15) is 35.7 Å². The topological polar surface area (TPSA) is 195 Å². The van der Waals surface area contributed by atoms with Crippen molar-refractivity contribution in [1.29, 1.82) is 0 Å². The molecule has 2 aliphatic rings. The van der Waals surface area contributed by atoms with Crippen LogP contribution in [-0.2, 0) is 33.4 Å². The van der Waals surface area contributed by atoms with Crippen molar-refractivity contribution in [1.82, 2.24) is 16.0 Å². The van der Waals surface area contributed by atoms with E-state index in [-0.39, 0.29) is 24.3 Å². The number of nitrogen functional groups attached to an aromatic ring is 1. The number of methoxy groups -OCH3 is 2. The number of nitrogens with one attached hydrogen (secondary N) is 3. The van der Waals surface area contributed by atoms with Gasteiger partial charge >= 0.3 is 11.9 Å². The van der Waals surface area contributed by atoms with E-state index in [9.17, 15) is 29.1 Å². The second-order valence-electron chi connectivity index (χ2n) is 15.4. The number of carbonyl (C=O) groups excluding carboxylic acids is 4. The first kappa shape index (κ1) is 43.1. The molecule has 5 atom stereocenters. The van der Waals surface area contributed by atoms with Gasteiger partial charge < -0.3 is 41.0 Å².